The summed E-state index contributed by atoms with van der Waals surface area (Å²) in [5.74, 6) is -31.5. The number of carbonyl (C=O) groups excluding carboxylic acids is 1. The average Bonchev–Trinajstić information content (AvgIpc) is 2.36. The van der Waals surface area contributed by atoms with E-state index < -0.39 is 42.1 Å². The number of aliphatic hydroxyl groups excluding tert-OH is 1. The molecule has 0 rings (SSSR count). The maximum absolute atomic E-state index is 13.0. The van der Waals surface area contributed by atoms with Crippen LogP contribution in [0.4, 0.5) is 48.3 Å². The highest BCUT2D eigenvalue weighted by Gasteiger charge is 2.88. The molecule has 0 aliphatic rings. The lowest BCUT2D eigenvalue weighted by molar-refractivity contribution is -0.436. The summed E-state index contributed by atoms with van der Waals surface area (Å²) in [4.78, 5) is 10.4. The molecule has 0 radical (unpaired) electrons. The number of hydrogen-bond acceptors (Lipinski definition) is 3. The Kier molecular flexibility index (Phi) is 5.39. The molecule has 0 aliphatic heterocycles. The lowest BCUT2D eigenvalue weighted by Crippen LogP contribution is -2.69. The van der Waals surface area contributed by atoms with Gasteiger partial charge in [-0.05, 0) is 0 Å². The Morgan fingerprint density at radius 3 is 1.57 bits per heavy atom. The van der Waals surface area contributed by atoms with Crippen LogP contribution in [-0.2, 0) is 9.53 Å². The lowest BCUT2D eigenvalue weighted by Gasteiger charge is -2.38. The molecule has 3 nitrogen and oxygen atoms in total. The van der Waals surface area contributed by atoms with Gasteiger partial charge >= 0.3 is 35.8 Å². The maximum atomic E-state index is 13.0. The van der Waals surface area contributed by atoms with E-state index in [2.05, 4.69) is 11.3 Å². The molecular weight excluding hydrogens is 365 g/mol. The highest BCUT2D eigenvalue weighted by atomic mass is 19.4. The molecular formula is C9H5F11O3. The van der Waals surface area contributed by atoms with Gasteiger partial charge in [-0.25, -0.2) is 4.79 Å². The van der Waals surface area contributed by atoms with Crippen LogP contribution in [0.5, 0.6) is 0 Å². The SMILES string of the molecule is C=CC(=O)OC(O)C(F)(F)C(F)(F)C(F)(F)C(F)(F)C(F)(F)F. The third-order valence-electron chi connectivity index (χ3n) is 2.27. The van der Waals surface area contributed by atoms with Crippen molar-refractivity contribution in [2.75, 3.05) is 0 Å². The van der Waals surface area contributed by atoms with Crippen molar-refractivity contribution in [1.29, 1.82) is 0 Å². The van der Waals surface area contributed by atoms with Gasteiger partial charge in [0.1, 0.15) is 0 Å². The summed E-state index contributed by atoms with van der Waals surface area (Å²) in [7, 11) is 0. The molecule has 0 aliphatic carbocycles. The number of hydrogen-bond donors (Lipinski definition) is 1. The van der Waals surface area contributed by atoms with Gasteiger partial charge in [0.05, 0.1) is 0 Å². The predicted octanol–water partition coefficient (Wildman–Crippen LogP) is 3.14. The molecule has 0 fully saturated rings. The molecule has 0 aromatic carbocycles. The zero-order valence-electron chi connectivity index (χ0n) is 10.3. The normalized spacial score (nSPS) is 16.0. The van der Waals surface area contributed by atoms with E-state index in [1.54, 1.807) is 0 Å². The van der Waals surface area contributed by atoms with Crippen LogP contribution in [0, 0.1) is 0 Å². The Morgan fingerprint density at radius 2 is 1.26 bits per heavy atom. The minimum absolute atomic E-state index is 0.0140. The van der Waals surface area contributed by atoms with E-state index in [4.69, 9.17) is 5.11 Å². The molecule has 0 aromatic rings. The van der Waals surface area contributed by atoms with Crippen molar-refractivity contribution in [3.63, 3.8) is 0 Å². The van der Waals surface area contributed by atoms with Crippen LogP contribution in [0.2, 0.25) is 0 Å². The molecule has 0 saturated heterocycles. The average molecular weight is 370 g/mol. The van der Waals surface area contributed by atoms with Gasteiger partial charge in [0, 0.05) is 6.08 Å². The highest BCUT2D eigenvalue weighted by molar-refractivity contribution is 5.81. The number of halogens is 11. The van der Waals surface area contributed by atoms with E-state index in [1.165, 1.54) is 0 Å². The van der Waals surface area contributed by atoms with Crippen molar-refractivity contribution in [2.24, 2.45) is 0 Å². The summed E-state index contributed by atoms with van der Waals surface area (Å²) in [6, 6.07) is 0. The van der Waals surface area contributed by atoms with Gasteiger partial charge in [0.15, 0.2) is 0 Å². The summed E-state index contributed by atoms with van der Waals surface area (Å²) >= 11 is 0. The van der Waals surface area contributed by atoms with Crippen molar-refractivity contribution in [2.45, 2.75) is 36.2 Å². The van der Waals surface area contributed by atoms with Crippen LogP contribution >= 0.6 is 0 Å². The molecule has 14 heteroatoms. The van der Waals surface area contributed by atoms with Gasteiger partial charge in [-0.15, -0.1) is 0 Å². The van der Waals surface area contributed by atoms with Crippen LogP contribution in [0.1, 0.15) is 0 Å². The number of aliphatic hydroxyl groups is 1. The summed E-state index contributed by atoms with van der Waals surface area (Å²) in [6.07, 6.45) is -11.8. The third kappa shape index (κ3) is 3.21. The molecule has 0 aromatic heterocycles. The second-order valence-electron chi connectivity index (χ2n) is 3.84. The number of alkyl halides is 11. The van der Waals surface area contributed by atoms with E-state index in [0.29, 0.717) is 0 Å². The first-order chi connectivity index (χ1) is 9.88. The van der Waals surface area contributed by atoms with Gasteiger partial charge < -0.3 is 9.84 Å². The standard InChI is InChI=1S/C9H5F11O3/c1-2-3(21)23-4(22)5(10,11)6(12,13)7(14,15)8(16,17)9(18,19)20/h2,4,22H,1H2. The minimum Gasteiger partial charge on any atom is -0.426 e. The van der Waals surface area contributed by atoms with E-state index in [0.717, 1.165) is 0 Å². The van der Waals surface area contributed by atoms with Crippen molar-refractivity contribution >= 4 is 5.97 Å². The van der Waals surface area contributed by atoms with Crippen LogP contribution in [0.3, 0.4) is 0 Å². The second-order valence-corrected chi connectivity index (χ2v) is 3.84. The van der Waals surface area contributed by atoms with Gasteiger partial charge in [0.25, 0.3) is 6.29 Å². The van der Waals surface area contributed by atoms with Gasteiger partial charge in [-0.1, -0.05) is 6.58 Å². The Labute approximate surface area is 119 Å². The highest BCUT2D eigenvalue weighted by Crippen LogP contribution is 2.57. The maximum Gasteiger partial charge on any atom is 0.460 e. The van der Waals surface area contributed by atoms with Crippen LogP contribution in [0.25, 0.3) is 0 Å². The van der Waals surface area contributed by atoms with Crippen molar-refractivity contribution in [3.8, 4) is 0 Å². The van der Waals surface area contributed by atoms with Gasteiger partial charge in [0.2, 0.25) is 0 Å². The summed E-state index contributed by atoms with van der Waals surface area (Å²) in [5.41, 5.74) is 0. The van der Waals surface area contributed by atoms with E-state index in [9.17, 15) is 53.1 Å². The van der Waals surface area contributed by atoms with Crippen molar-refractivity contribution in [3.05, 3.63) is 12.7 Å². The Morgan fingerprint density at radius 1 is 0.870 bits per heavy atom. The van der Waals surface area contributed by atoms with E-state index >= 15 is 0 Å². The number of carbonyl (C=O) groups is 1. The van der Waals surface area contributed by atoms with Crippen LogP contribution in [0.15, 0.2) is 12.7 Å². The van der Waals surface area contributed by atoms with Crippen LogP contribution < -0.4 is 0 Å². The van der Waals surface area contributed by atoms with Crippen LogP contribution in [-0.4, -0.2) is 47.2 Å². The molecule has 0 saturated carbocycles. The zero-order valence-corrected chi connectivity index (χ0v) is 10.3. The minimum atomic E-state index is -7.69. The monoisotopic (exact) mass is 370 g/mol. The molecule has 0 heterocycles. The Balaban J connectivity index is 5.93. The first kappa shape index (κ1) is 21.4. The van der Waals surface area contributed by atoms with E-state index in [-0.39, 0.29) is 6.08 Å². The lowest BCUT2D eigenvalue weighted by atomic mass is 9.97. The second kappa shape index (κ2) is 5.79. The number of rotatable bonds is 6. The van der Waals surface area contributed by atoms with Gasteiger partial charge in [-0.2, -0.15) is 48.3 Å². The fraction of sp³-hybridized carbons (Fsp3) is 0.667. The molecule has 0 amide bonds. The van der Waals surface area contributed by atoms with Crippen molar-refractivity contribution in [1.82, 2.24) is 0 Å². The molecule has 136 valence electrons. The third-order valence-corrected chi connectivity index (χ3v) is 2.27. The molecule has 1 atom stereocenters. The fourth-order valence-corrected chi connectivity index (χ4v) is 0.972. The molecule has 23 heavy (non-hydrogen) atoms. The molecule has 1 N–H and O–H groups in total. The zero-order chi connectivity index (χ0) is 19.1. The summed E-state index contributed by atoms with van der Waals surface area (Å²) in [6.45, 7) is 2.54. The van der Waals surface area contributed by atoms with Gasteiger partial charge in [-0.3, -0.25) is 0 Å². The quantitative estimate of drug-likeness (QED) is 0.338. The number of esters is 1. The Hall–Kier alpha value is -1.60. The fourth-order valence-electron chi connectivity index (χ4n) is 0.972. The smallest absolute Gasteiger partial charge is 0.426 e. The number of ether oxygens (including phenoxy) is 1. The largest absolute Gasteiger partial charge is 0.460 e. The Bertz CT molecular complexity index is 468. The predicted molar refractivity (Wildman–Crippen MR) is 48.1 cm³/mol. The molecule has 0 bridgehead atoms. The molecule has 0 spiro atoms. The topological polar surface area (TPSA) is 46.5 Å². The van der Waals surface area contributed by atoms with E-state index in [1.807, 2.05) is 0 Å². The first-order valence-electron chi connectivity index (χ1n) is 4.97. The summed E-state index contributed by atoms with van der Waals surface area (Å²) < 4.78 is 141. The first-order valence-corrected chi connectivity index (χ1v) is 4.97. The molecule has 1 unspecified atom stereocenters. The van der Waals surface area contributed by atoms with Crippen molar-refractivity contribution < 1.29 is 62.9 Å². The summed E-state index contributed by atoms with van der Waals surface area (Å²) in [5, 5.41) is 8.47.